The number of carbonyl (C=O) groups is 1. The van der Waals surface area contributed by atoms with Crippen LogP contribution in [0.4, 0.5) is 16.3 Å². The molecule has 204 valence electrons. The van der Waals surface area contributed by atoms with Gasteiger partial charge in [0.05, 0.1) is 42.3 Å². The molecule has 1 amide bonds. The van der Waals surface area contributed by atoms with Gasteiger partial charge in [0.1, 0.15) is 28.4 Å². The molecule has 2 aromatic heterocycles. The summed E-state index contributed by atoms with van der Waals surface area (Å²) in [6, 6.07) is 8.35. The third-order valence-electron chi connectivity index (χ3n) is 5.88. The Kier molecular flexibility index (Phi) is 8.90. The maximum absolute atomic E-state index is 12.7. The van der Waals surface area contributed by atoms with E-state index in [1.807, 2.05) is 26.0 Å². The van der Waals surface area contributed by atoms with Gasteiger partial charge in [0, 0.05) is 43.5 Å². The van der Waals surface area contributed by atoms with Crippen LogP contribution in [-0.2, 0) is 0 Å². The van der Waals surface area contributed by atoms with Crippen molar-refractivity contribution in [2.24, 2.45) is 0 Å². The van der Waals surface area contributed by atoms with Crippen LogP contribution < -0.4 is 24.4 Å². The third-order valence-corrected chi connectivity index (χ3v) is 6.63. The van der Waals surface area contributed by atoms with Crippen molar-refractivity contribution in [2.75, 3.05) is 58.7 Å². The molecule has 0 atom stereocenters. The zero-order valence-corrected chi connectivity index (χ0v) is 23.7. The minimum atomic E-state index is -0.704. The summed E-state index contributed by atoms with van der Waals surface area (Å²) in [7, 11) is 8.93. The van der Waals surface area contributed by atoms with Crippen molar-refractivity contribution in [3.8, 4) is 28.4 Å². The zero-order chi connectivity index (χ0) is 28.1. The molecule has 0 fully saturated rings. The van der Waals surface area contributed by atoms with E-state index in [-0.39, 0.29) is 15.8 Å². The van der Waals surface area contributed by atoms with Crippen LogP contribution in [0, 0.1) is 0 Å². The molecule has 4 rings (SSSR count). The summed E-state index contributed by atoms with van der Waals surface area (Å²) in [5, 5.41) is 3.20. The highest BCUT2D eigenvalue weighted by molar-refractivity contribution is 6.41. The van der Waals surface area contributed by atoms with Crippen LogP contribution in [0.5, 0.6) is 17.2 Å². The summed E-state index contributed by atoms with van der Waals surface area (Å²) in [5.41, 5.74) is 2.27. The van der Waals surface area contributed by atoms with E-state index >= 15 is 0 Å². The van der Waals surface area contributed by atoms with E-state index < -0.39 is 6.09 Å². The second-order valence-corrected chi connectivity index (χ2v) is 9.56. The maximum atomic E-state index is 12.7. The first-order valence-corrected chi connectivity index (χ1v) is 12.6. The summed E-state index contributed by atoms with van der Waals surface area (Å²) < 4.78 is 16.6. The fourth-order valence-corrected chi connectivity index (χ4v) is 4.50. The van der Waals surface area contributed by atoms with Crippen molar-refractivity contribution in [1.29, 1.82) is 0 Å². The SMILES string of the molecule is COc1cc(OC)c(Cl)c(-c2ccc(OC(=O)Nc3cccnc3)c3ncc(N(C)CCN(C)C)nc23)c1Cl. The van der Waals surface area contributed by atoms with Gasteiger partial charge in [-0.2, -0.15) is 0 Å². The summed E-state index contributed by atoms with van der Waals surface area (Å²) in [6.45, 7) is 1.52. The van der Waals surface area contributed by atoms with Crippen LogP contribution in [0.3, 0.4) is 0 Å². The van der Waals surface area contributed by atoms with E-state index in [2.05, 4.69) is 20.2 Å². The number of fused-ring (bicyclic) bond motifs is 1. The minimum absolute atomic E-state index is 0.201. The summed E-state index contributed by atoms with van der Waals surface area (Å²) in [6.07, 6.45) is 4.04. The number of nitrogens with one attached hydrogen (secondary N) is 1. The number of methoxy groups -OCH3 is 2. The van der Waals surface area contributed by atoms with Gasteiger partial charge >= 0.3 is 6.09 Å². The first-order valence-electron chi connectivity index (χ1n) is 11.9. The number of pyridine rings is 1. The lowest BCUT2D eigenvalue weighted by Crippen LogP contribution is -2.29. The number of hydrogen-bond acceptors (Lipinski definition) is 9. The Morgan fingerprint density at radius 2 is 1.67 bits per heavy atom. The van der Waals surface area contributed by atoms with E-state index in [4.69, 9.17) is 42.4 Å². The highest BCUT2D eigenvalue weighted by atomic mass is 35.5. The van der Waals surface area contributed by atoms with Crippen LogP contribution in [0.1, 0.15) is 0 Å². The number of likely N-dealkylation sites (N-methyl/N-ethyl adjacent to an activating group) is 2. The lowest BCUT2D eigenvalue weighted by molar-refractivity contribution is 0.215. The molecular weight excluding hydrogens is 543 g/mol. The average molecular weight is 571 g/mol. The van der Waals surface area contributed by atoms with Gasteiger partial charge in [0.25, 0.3) is 0 Å². The van der Waals surface area contributed by atoms with Crippen molar-refractivity contribution < 1.29 is 19.0 Å². The second kappa shape index (κ2) is 12.3. The van der Waals surface area contributed by atoms with Gasteiger partial charge in [-0.3, -0.25) is 10.3 Å². The lowest BCUT2D eigenvalue weighted by atomic mass is 10.0. The van der Waals surface area contributed by atoms with E-state index in [1.54, 1.807) is 42.7 Å². The smallest absolute Gasteiger partial charge is 0.417 e. The van der Waals surface area contributed by atoms with Crippen LogP contribution in [0.15, 0.2) is 48.9 Å². The number of benzene rings is 2. The summed E-state index contributed by atoms with van der Waals surface area (Å²) in [4.78, 5) is 30.3. The van der Waals surface area contributed by atoms with E-state index in [9.17, 15) is 4.79 Å². The molecule has 0 unspecified atom stereocenters. The largest absolute Gasteiger partial charge is 0.495 e. The Morgan fingerprint density at radius 3 is 2.28 bits per heavy atom. The topological polar surface area (TPSA) is 102 Å². The molecule has 12 heteroatoms. The van der Waals surface area contributed by atoms with E-state index in [0.717, 1.165) is 6.54 Å². The van der Waals surface area contributed by atoms with Crippen molar-refractivity contribution in [3.63, 3.8) is 0 Å². The first-order chi connectivity index (χ1) is 18.7. The number of halogens is 2. The van der Waals surface area contributed by atoms with Crippen LogP contribution >= 0.6 is 23.2 Å². The molecule has 0 spiro atoms. The minimum Gasteiger partial charge on any atom is -0.495 e. The fourth-order valence-electron chi connectivity index (χ4n) is 3.80. The molecule has 1 N–H and O–H groups in total. The Morgan fingerprint density at radius 1 is 0.949 bits per heavy atom. The van der Waals surface area contributed by atoms with E-state index in [0.29, 0.717) is 51.7 Å². The van der Waals surface area contributed by atoms with Crippen LogP contribution in [0.25, 0.3) is 22.2 Å². The van der Waals surface area contributed by atoms with Crippen molar-refractivity contribution in [3.05, 3.63) is 59.0 Å². The van der Waals surface area contributed by atoms with Gasteiger partial charge in [-0.25, -0.2) is 14.8 Å². The Labute approximate surface area is 236 Å². The molecule has 0 saturated carbocycles. The van der Waals surface area contributed by atoms with Gasteiger partial charge in [0.15, 0.2) is 5.75 Å². The van der Waals surface area contributed by atoms with Crippen molar-refractivity contribution >= 4 is 51.8 Å². The van der Waals surface area contributed by atoms with Gasteiger partial charge in [-0.1, -0.05) is 23.2 Å². The number of ether oxygens (including phenoxy) is 3. The van der Waals surface area contributed by atoms with Gasteiger partial charge in [-0.15, -0.1) is 0 Å². The highest BCUT2D eigenvalue weighted by Crippen LogP contribution is 2.48. The Bertz CT molecular complexity index is 1460. The number of anilines is 2. The molecule has 39 heavy (non-hydrogen) atoms. The standard InChI is InChI=1S/C27H28Cl2N6O4/c1-34(2)11-12-35(3)21-15-31-26-18(39-27(36)32-16-7-6-10-30-14-16)9-8-17(25(26)33-21)22-23(28)19(37-4)13-20(38-5)24(22)29/h6-10,13-15H,11-12H2,1-5H3,(H,32,36). The van der Waals surface area contributed by atoms with Crippen LogP contribution in [-0.4, -0.2) is 74.4 Å². The number of aromatic nitrogens is 3. The van der Waals surface area contributed by atoms with Gasteiger partial charge in [-0.05, 0) is 38.4 Å². The van der Waals surface area contributed by atoms with Gasteiger partial charge in [0.2, 0.25) is 0 Å². The summed E-state index contributed by atoms with van der Waals surface area (Å²) >= 11 is 13.5. The molecule has 0 bridgehead atoms. The fraction of sp³-hybridized carbons (Fsp3) is 0.259. The molecule has 0 saturated heterocycles. The molecule has 0 radical (unpaired) electrons. The lowest BCUT2D eigenvalue weighted by Gasteiger charge is -2.21. The number of amides is 1. The average Bonchev–Trinajstić information content (AvgIpc) is 2.93. The molecule has 2 aromatic carbocycles. The normalized spacial score (nSPS) is 11.0. The van der Waals surface area contributed by atoms with Crippen molar-refractivity contribution in [2.45, 2.75) is 0 Å². The summed E-state index contributed by atoms with van der Waals surface area (Å²) in [5.74, 6) is 1.57. The van der Waals surface area contributed by atoms with E-state index in [1.165, 1.54) is 20.4 Å². The molecule has 0 aliphatic carbocycles. The monoisotopic (exact) mass is 570 g/mol. The number of hydrogen-bond donors (Lipinski definition) is 1. The molecule has 4 aromatic rings. The van der Waals surface area contributed by atoms with Gasteiger partial charge < -0.3 is 24.0 Å². The number of carbonyl (C=O) groups excluding carboxylic acids is 1. The molecule has 0 aliphatic rings. The molecular formula is C27H28Cl2N6O4. The zero-order valence-electron chi connectivity index (χ0n) is 22.2. The highest BCUT2D eigenvalue weighted by Gasteiger charge is 2.23. The molecule has 2 heterocycles. The predicted octanol–water partition coefficient (Wildman–Crippen LogP) is 5.62. The van der Waals surface area contributed by atoms with Crippen LogP contribution in [0.2, 0.25) is 10.0 Å². The second-order valence-electron chi connectivity index (χ2n) is 8.80. The first kappa shape index (κ1) is 28.2. The number of nitrogens with zero attached hydrogens (tertiary/aromatic N) is 5. The number of rotatable bonds is 9. The Balaban J connectivity index is 1.86. The van der Waals surface area contributed by atoms with Crippen molar-refractivity contribution in [1.82, 2.24) is 19.9 Å². The molecule has 0 aliphatic heterocycles. The maximum Gasteiger partial charge on any atom is 0.417 e. The Hall–Kier alpha value is -3.86. The molecule has 10 nitrogen and oxygen atoms in total. The third kappa shape index (κ3) is 6.25. The quantitative estimate of drug-likeness (QED) is 0.274. The predicted molar refractivity (Wildman–Crippen MR) is 154 cm³/mol.